The smallest absolute Gasteiger partial charge is 0.251 e. The van der Waals surface area contributed by atoms with Gasteiger partial charge in [0.1, 0.15) is 12.1 Å². The van der Waals surface area contributed by atoms with Crippen LogP contribution in [0.2, 0.25) is 0 Å². The fourth-order valence-electron chi connectivity index (χ4n) is 2.47. The van der Waals surface area contributed by atoms with E-state index in [9.17, 15) is 13.2 Å². The number of halogens is 1. The van der Waals surface area contributed by atoms with Gasteiger partial charge in [-0.25, -0.2) is 18.4 Å². The van der Waals surface area contributed by atoms with Gasteiger partial charge in [0, 0.05) is 34.8 Å². The molecule has 0 aliphatic heterocycles. The normalized spacial score (nSPS) is 11.3. The predicted octanol–water partition coefficient (Wildman–Crippen LogP) is 2.64. The number of rotatable bonds is 6. The molecule has 0 saturated carbocycles. The molecule has 0 aliphatic carbocycles. The van der Waals surface area contributed by atoms with E-state index in [1.807, 2.05) is 0 Å². The minimum atomic E-state index is -3.32. The summed E-state index contributed by atoms with van der Waals surface area (Å²) in [5.74, 6) is 0.347. The Balaban J connectivity index is 1.66. The largest absolute Gasteiger partial charge is 0.368 e. The SMILES string of the molecule is CS(=O)(=O)c1ccc2ncnc(NCCNC(=O)c3ccc(Br)cc3)c2c1. The maximum Gasteiger partial charge on any atom is 0.251 e. The number of amides is 1. The third-order valence-corrected chi connectivity index (χ3v) is 5.48. The van der Waals surface area contributed by atoms with Gasteiger partial charge in [0.05, 0.1) is 10.4 Å². The highest BCUT2D eigenvalue weighted by molar-refractivity contribution is 9.10. The second-order valence-electron chi connectivity index (χ2n) is 5.86. The second kappa shape index (κ2) is 8.01. The van der Waals surface area contributed by atoms with Crippen LogP contribution in [0.15, 0.2) is 58.2 Å². The van der Waals surface area contributed by atoms with Crippen LogP contribution in [-0.2, 0) is 9.84 Å². The summed E-state index contributed by atoms with van der Waals surface area (Å²) in [6, 6.07) is 11.8. The van der Waals surface area contributed by atoms with Gasteiger partial charge in [0.2, 0.25) is 0 Å². The van der Waals surface area contributed by atoms with Gasteiger partial charge >= 0.3 is 0 Å². The van der Waals surface area contributed by atoms with Crippen molar-refractivity contribution >= 4 is 48.4 Å². The van der Waals surface area contributed by atoms with E-state index in [0.29, 0.717) is 35.4 Å². The number of carbonyl (C=O) groups is 1. The minimum Gasteiger partial charge on any atom is -0.368 e. The van der Waals surface area contributed by atoms with Gasteiger partial charge in [-0.1, -0.05) is 15.9 Å². The van der Waals surface area contributed by atoms with Crippen LogP contribution in [0.25, 0.3) is 10.9 Å². The average molecular weight is 449 g/mol. The molecule has 2 aromatic carbocycles. The van der Waals surface area contributed by atoms with Crippen molar-refractivity contribution in [2.24, 2.45) is 0 Å². The Kier molecular flexibility index (Phi) is 5.71. The quantitative estimate of drug-likeness (QED) is 0.562. The topological polar surface area (TPSA) is 101 Å². The zero-order chi connectivity index (χ0) is 19.4. The first kappa shape index (κ1) is 19.2. The maximum atomic E-state index is 12.1. The number of aromatic nitrogens is 2. The first-order chi connectivity index (χ1) is 12.8. The molecule has 1 aromatic heterocycles. The summed E-state index contributed by atoms with van der Waals surface area (Å²) >= 11 is 3.33. The van der Waals surface area contributed by atoms with Crippen LogP contribution in [0.4, 0.5) is 5.82 Å². The monoisotopic (exact) mass is 448 g/mol. The number of carbonyl (C=O) groups excluding carboxylic acids is 1. The van der Waals surface area contributed by atoms with Crippen LogP contribution < -0.4 is 10.6 Å². The van der Waals surface area contributed by atoms with E-state index >= 15 is 0 Å². The van der Waals surface area contributed by atoms with Crippen LogP contribution in [0.3, 0.4) is 0 Å². The van der Waals surface area contributed by atoms with Crippen molar-refractivity contribution in [1.82, 2.24) is 15.3 Å². The van der Waals surface area contributed by atoms with Crippen LogP contribution in [0.1, 0.15) is 10.4 Å². The molecule has 27 heavy (non-hydrogen) atoms. The minimum absolute atomic E-state index is 0.170. The summed E-state index contributed by atoms with van der Waals surface area (Å²) in [5.41, 5.74) is 1.21. The van der Waals surface area contributed by atoms with Gasteiger partial charge in [-0.2, -0.15) is 0 Å². The van der Waals surface area contributed by atoms with Crippen molar-refractivity contribution < 1.29 is 13.2 Å². The number of sulfone groups is 1. The number of nitrogens with zero attached hydrogens (tertiary/aromatic N) is 2. The summed E-state index contributed by atoms with van der Waals surface area (Å²) in [4.78, 5) is 20.6. The summed E-state index contributed by atoms with van der Waals surface area (Å²) in [6.45, 7) is 0.809. The van der Waals surface area contributed by atoms with Crippen LogP contribution >= 0.6 is 15.9 Å². The van der Waals surface area contributed by atoms with E-state index in [1.165, 1.54) is 12.4 Å². The fourth-order valence-corrected chi connectivity index (χ4v) is 3.38. The third-order valence-electron chi connectivity index (χ3n) is 3.84. The van der Waals surface area contributed by atoms with Gasteiger partial charge in [0.25, 0.3) is 5.91 Å². The van der Waals surface area contributed by atoms with Crippen LogP contribution in [0, 0.1) is 0 Å². The predicted molar refractivity (Wildman–Crippen MR) is 108 cm³/mol. The molecule has 1 amide bonds. The molecule has 0 fully saturated rings. The van der Waals surface area contributed by atoms with Crippen LogP contribution in [-0.4, -0.2) is 43.6 Å². The molecule has 1 heterocycles. The van der Waals surface area contributed by atoms with Crippen molar-refractivity contribution in [2.45, 2.75) is 4.90 Å². The number of benzene rings is 2. The zero-order valence-electron chi connectivity index (χ0n) is 14.4. The molecular weight excluding hydrogens is 432 g/mol. The van der Waals surface area contributed by atoms with Gasteiger partial charge < -0.3 is 10.6 Å². The second-order valence-corrected chi connectivity index (χ2v) is 8.79. The van der Waals surface area contributed by atoms with E-state index in [2.05, 4.69) is 36.5 Å². The Bertz CT molecular complexity index is 1090. The lowest BCUT2D eigenvalue weighted by atomic mass is 10.2. The highest BCUT2D eigenvalue weighted by Gasteiger charge is 2.11. The summed E-state index contributed by atoms with van der Waals surface area (Å²) in [5, 5.41) is 6.54. The Morgan fingerprint density at radius 2 is 1.81 bits per heavy atom. The van der Waals surface area contributed by atoms with Gasteiger partial charge in [-0.05, 0) is 42.5 Å². The molecule has 140 valence electrons. The van der Waals surface area contributed by atoms with Gasteiger partial charge in [0.15, 0.2) is 9.84 Å². The number of hydrogen-bond acceptors (Lipinski definition) is 6. The van der Waals surface area contributed by atoms with Gasteiger partial charge in [-0.3, -0.25) is 4.79 Å². The van der Waals surface area contributed by atoms with Crippen molar-refractivity contribution in [1.29, 1.82) is 0 Å². The first-order valence-electron chi connectivity index (χ1n) is 8.07. The zero-order valence-corrected chi connectivity index (χ0v) is 16.8. The highest BCUT2D eigenvalue weighted by atomic mass is 79.9. The molecule has 7 nitrogen and oxygen atoms in total. The molecule has 3 aromatic rings. The number of hydrogen-bond donors (Lipinski definition) is 2. The molecule has 9 heteroatoms. The highest BCUT2D eigenvalue weighted by Crippen LogP contribution is 2.22. The Hall–Kier alpha value is -2.52. The first-order valence-corrected chi connectivity index (χ1v) is 10.8. The Morgan fingerprint density at radius 3 is 2.52 bits per heavy atom. The van der Waals surface area contributed by atoms with Crippen molar-refractivity contribution in [3.05, 3.63) is 58.8 Å². The molecule has 2 N–H and O–H groups in total. The van der Waals surface area contributed by atoms with E-state index in [4.69, 9.17) is 0 Å². The van der Waals surface area contributed by atoms with E-state index in [0.717, 1.165) is 10.7 Å². The number of nitrogens with one attached hydrogen (secondary N) is 2. The molecule has 0 unspecified atom stereocenters. The summed E-state index contributed by atoms with van der Waals surface area (Å²) in [7, 11) is -3.32. The third kappa shape index (κ3) is 4.81. The maximum absolute atomic E-state index is 12.1. The van der Waals surface area contributed by atoms with Crippen LogP contribution in [0.5, 0.6) is 0 Å². The number of fused-ring (bicyclic) bond motifs is 1. The molecule has 0 aliphatic rings. The Morgan fingerprint density at radius 1 is 1.07 bits per heavy atom. The molecule has 0 radical (unpaired) electrons. The van der Waals surface area contributed by atoms with E-state index in [1.54, 1.807) is 36.4 Å². The molecule has 0 atom stereocenters. The molecular formula is C18H17BrN4O3S. The van der Waals surface area contributed by atoms with Crippen molar-refractivity contribution in [3.63, 3.8) is 0 Å². The molecule has 0 bridgehead atoms. The van der Waals surface area contributed by atoms with Crippen molar-refractivity contribution in [2.75, 3.05) is 24.7 Å². The lowest BCUT2D eigenvalue weighted by molar-refractivity contribution is 0.0955. The van der Waals surface area contributed by atoms with E-state index < -0.39 is 9.84 Å². The van der Waals surface area contributed by atoms with Crippen molar-refractivity contribution in [3.8, 4) is 0 Å². The summed E-state index contributed by atoms with van der Waals surface area (Å²) in [6.07, 6.45) is 2.56. The Labute approximate surface area is 165 Å². The van der Waals surface area contributed by atoms with E-state index in [-0.39, 0.29) is 10.8 Å². The lowest BCUT2D eigenvalue weighted by Gasteiger charge is -2.10. The molecule has 3 rings (SSSR count). The standard InChI is InChI=1S/C18H17BrN4O3S/c1-27(25,26)14-6-7-16-15(10-14)17(23-11-22-16)20-8-9-21-18(24)12-2-4-13(19)5-3-12/h2-7,10-11H,8-9H2,1H3,(H,21,24)(H,20,22,23). The number of anilines is 1. The molecule has 0 spiro atoms. The molecule has 0 saturated heterocycles. The average Bonchev–Trinajstić information content (AvgIpc) is 2.64. The lowest BCUT2D eigenvalue weighted by Crippen LogP contribution is -2.28. The van der Waals surface area contributed by atoms with Gasteiger partial charge in [-0.15, -0.1) is 0 Å². The fraction of sp³-hybridized carbons (Fsp3) is 0.167. The summed E-state index contributed by atoms with van der Waals surface area (Å²) < 4.78 is 24.4.